The zero-order valence-electron chi connectivity index (χ0n) is 12.1. The number of carbonyl (C=O) groups is 1. The molecule has 1 saturated heterocycles. The Bertz CT molecular complexity index is 447. The third-order valence-corrected chi connectivity index (χ3v) is 5.43. The average Bonchev–Trinajstić information content (AvgIpc) is 2.78. The Morgan fingerprint density at radius 3 is 2.74 bits per heavy atom. The summed E-state index contributed by atoms with van der Waals surface area (Å²) in [4.78, 5) is 14.4. The molecule has 1 aliphatic heterocycles. The molecule has 1 aliphatic rings. The van der Waals surface area contributed by atoms with Crippen molar-refractivity contribution in [2.45, 2.75) is 40.0 Å². The van der Waals surface area contributed by atoms with Gasteiger partial charge in [0.05, 0.1) is 4.88 Å². The van der Waals surface area contributed by atoms with Gasteiger partial charge in [-0.2, -0.15) is 0 Å². The van der Waals surface area contributed by atoms with Crippen LogP contribution in [0.5, 0.6) is 0 Å². The SMILES string of the molecule is CCc1sc(C(=O)NCC2(C)CCNCC2)cc1C. The highest BCUT2D eigenvalue weighted by Crippen LogP contribution is 2.27. The van der Waals surface area contributed by atoms with Crippen LogP contribution >= 0.6 is 11.3 Å². The molecule has 0 unspecified atom stereocenters. The minimum Gasteiger partial charge on any atom is -0.351 e. The van der Waals surface area contributed by atoms with E-state index >= 15 is 0 Å². The second-order valence-corrected chi connectivity index (χ2v) is 6.95. The Balaban J connectivity index is 1.93. The van der Waals surface area contributed by atoms with Gasteiger partial charge in [-0.25, -0.2) is 0 Å². The second kappa shape index (κ2) is 6.06. The molecule has 2 heterocycles. The van der Waals surface area contributed by atoms with Crippen molar-refractivity contribution >= 4 is 17.2 Å². The predicted octanol–water partition coefficient (Wildman–Crippen LogP) is 2.74. The summed E-state index contributed by atoms with van der Waals surface area (Å²) >= 11 is 1.63. The summed E-state index contributed by atoms with van der Waals surface area (Å²) in [6.07, 6.45) is 3.28. The summed E-state index contributed by atoms with van der Waals surface area (Å²) in [7, 11) is 0. The van der Waals surface area contributed by atoms with E-state index in [9.17, 15) is 4.79 Å². The largest absolute Gasteiger partial charge is 0.351 e. The Hall–Kier alpha value is -0.870. The molecule has 3 nitrogen and oxygen atoms in total. The number of thiophene rings is 1. The van der Waals surface area contributed by atoms with Crippen LogP contribution in [0.2, 0.25) is 0 Å². The number of amides is 1. The molecule has 1 amide bonds. The molecule has 0 atom stereocenters. The van der Waals surface area contributed by atoms with Crippen LogP contribution in [0.3, 0.4) is 0 Å². The highest BCUT2D eigenvalue weighted by atomic mass is 32.1. The summed E-state index contributed by atoms with van der Waals surface area (Å²) in [5, 5.41) is 6.48. The van der Waals surface area contributed by atoms with Gasteiger partial charge in [0, 0.05) is 11.4 Å². The smallest absolute Gasteiger partial charge is 0.261 e. The zero-order chi connectivity index (χ0) is 13.9. The van der Waals surface area contributed by atoms with Crippen LogP contribution in [0.25, 0.3) is 0 Å². The molecule has 0 bridgehead atoms. The molecule has 2 rings (SSSR count). The van der Waals surface area contributed by atoms with Crippen molar-refractivity contribution < 1.29 is 4.79 Å². The summed E-state index contributed by atoms with van der Waals surface area (Å²) in [6, 6.07) is 2.02. The molecule has 0 saturated carbocycles. The van der Waals surface area contributed by atoms with Gasteiger partial charge < -0.3 is 10.6 Å². The van der Waals surface area contributed by atoms with Gasteiger partial charge in [0.2, 0.25) is 0 Å². The van der Waals surface area contributed by atoms with Gasteiger partial charge in [-0.1, -0.05) is 13.8 Å². The third kappa shape index (κ3) is 3.57. The lowest BCUT2D eigenvalue weighted by atomic mass is 9.81. The molecule has 0 radical (unpaired) electrons. The number of rotatable bonds is 4. The molecule has 19 heavy (non-hydrogen) atoms. The molecule has 4 heteroatoms. The Kier molecular flexibility index (Phi) is 4.63. The van der Waals surface area contributed by atoms with Crippen molar-refractivity contribution in [3.8, 4) is 0 Å². The van der Waals surface area contributed by atoms with Crippen LogP contribution < -0.4 is 10.6 Å². The summed E-state index contributed by atoms with van der Waals surface area (Å²) < 4.78 is 0. The van der Waals surface area contributed by atoms with E-state index in [1.807, 2.05) is 6.07 Å². The molecule has 2 N–H and O–H groups in total. The zero-order valence-corrected chi connectivity index (χ0v) is 13.0. The molecule has 0 aromatic carbocycles. The number of hydrogen-bond donors (Lipinski definition) is 2. The fourth-order valence-corrected chi connectivity index (χ4v) is 3.60. The number of carbonyl (C=O) groups excluding carboxylic acids is 1. The van der Waals surface area contributed by atoms with Gasteiger partial charge in [-0.15, -0.1) is 11.3 Å². The van der Waals surface area contributed by atoms with Crippen LogP contribution in [-0.4, -0.2) is 25.5 Å². The number of nitrogens with one attached hydrogen (secondary N) is 2. The van der Waals surface area contributed by atoms with Gasteiger partial charge in [0.15, 0.2) is 0 Å². The molecule has 0 aliphatic carbocycles. The standard InChI is InChI=1S/C15H24N2OS/c1-4-12-11(2)9-13(19-12)14(18)17-10-15(3)5-7-16-8-6-15/h9,16H,4-8,10H2,1-3H3,(H,17,18). The first kappa shape index (κ1) is 14.5. The van der Waals surface area contributed by atoms with Crippen molar-refractivity contribution in [3.63, 3.8) is 0 Å². The first-order chi connectivity index (χ1) is 9.04. The molecular weight excluding hydrogens is 256 g/mol. The Morgan fingerprint density at radius 1 is 1.47 bits per heavy atom. The van der Waals surface area contributed by atoms with Crippen LogP contribution in [0.1, 0.15) is 46.8 Å². The highest BCUT2D eigenvalue weighted by molar-refractivity contribution is 7.14. The quantitative estimate of drug-likeness (QED) is 0.890. The van der Waals surface area contributed by atoms with E-state index in [0.717, 1.165) is 43.8 Å². The maximum atomic E-state index is 12.2. The molecule has 1 fully saturated rings. The Morgan fingerprint density at radius 2 is 2.16 bits per heavy atom. The maximum Gasteiger partial charge on any atom is 0.261 e. The van der Waals surface area contributed by atoms with Gasteiger partial charge in [-0.05, 0) is 56.3 Å². The topological polar surface area (TPSA) is 41.1 Å². The van der Waals surface area contributed by atoms with Crippen molar-refractivity contribution in [2.24, 2.45) is 5.41 Å². The lowest BCUT2D eigenvalue weighted by Gasteiger charge is -2.34. The average molecular weight is 280 g/mol. The normalized spacial score (nSPS) is 18.3. The minimum atomic E-state index is 0.0903. The van der Waals surface area contributed by atoms with E-state index < -0.39 is 0 Å². The lowest BCUT2D eigenvalue weighted by Crippen LogP contribution is -2.42. The van der Waals surface area contributed by atoms with E-state index in [1.165, 1.54) is 10.4 Å². The van der Waals surface area contributed by atoms with E-state index in [1.54, 1.807) is 11.3 Å². The summed E-state index contributed by atoms with van der Waals surface area (Å²) in [5.41, 5.74) is 1.49. The monoisotopic (exact) mass is 280 g/mol. The highest BCUT2D eigenvalue weighted by Gasteiger charge is 2.27. The summed E-state index contributed by atoms with van der Waals surface area (Å²) in [6.45, 7) is 9.39. The predicted molar refractivity (Wildman–Crippen MR) is 81.0 cm³/mol. The first-order valence-electron chi connectivity index (χ1n) is 7.12. The van der Waals surface area contributed by atoms with Gasteiger partial charge in [-0.3, -0.25) is 4.79 Å². The van der Waals surface area contributed by atoms with Gasteiger partial charge in [0.25, 0.3) is 5.91 Å². The van der Waals surface area contributed by atoms with Crippen LogP contribution in [0, 0.1) is 12.3 Å². The van der Waals surface area contributed by atoms with E-state index in [0.29, 0.717) is 0 Å². The van der Waals surface area contributed by atoms with E-state index in [4.69, 9.17) is 0 Å². The van der Waals surface area contributed by atoms with Crippen molar-refractivity contribution in [1.29, 1.82) is 0 Å². The fourth-order valence-electron chi connectivity index (χ4n) is 2.57. The van der Waals surface area contributed by atoms with Gasteiger partial charge >= 0.3 is 0 Å². The molecule has 0 spiro atoms. The van der Waals surface area contributed by atoms with E-state index in [2.05, 4.69) is 31.4 Å². The number of hydrogen-bond acceptors (Lipinski definition) is 3. The second-order valence-electron chi connectivity index (χ2n) is 5.81. The Labute approximate surface area is 119 Å². The number of piperidine rings is 1. The van der Waals surface area contributed by atoms with E-state index in [-0.39, 0.29) is 11.3 Å². The first-order valence-corrected chi connectivity index (χ1v) is 7.94. The van der Waals surface area contributed by atoms with Crippen LogP contribution in [0.4, 0.5) is 0 Å². The number of aryl methyl sites for hydroxylation is 2. The molecule has 1 aromatic heterocycles. The van der Waals surface area contributed by atoms with Crippen molar-refractivity contribution in [3.05, 3.63) is 21.4 Å². The maximum absolute atomic E-state index is 12.2. The van der Waals surface area contributed by atoms with Crippen LogP contribution in [0.15, 0.2) is 6.07 Å². The fraction of sp³-hybridized carbons (Fsp3) is 0.667. The molecule has 1 aromatic rings. The molecular formula is C15H24N2OS. The third-order valence-electron chi connectivity index (χ3n) is 4.05. The lowest BCUT2D eigenvalue weighted by molar-refractivity contribution is 0.0926. The summed E-state index contributed by atoms with van der Waals surface area (Å²) in [5.74, 6) is 0.0903. The van der Waals surface area contributed by atoms with Crippen molar-refractivity contribution in [2.75, 3.05) is 19.6 Å². The van der Waals surface area contributed by atoms with Crippen LogP contribution in [-0.2, 0) is 6.42 Å². The van der Waals surface area contributed by atoms with Crippen molar-refractivity contribution in [1.82, 2.24) is 10.6 Å². The van der Waals surface area contributed by atoms with Gasteiger partial charge in [0.1, 0.15) is 0 Å². The molecule has 106 valence electrons. The minimum absolute atomic E-state index is 0.0903.